The highest BCUT2D eigenvalue weighted by molar-refractivity contribution is 7.92. The fourth-order valence-corrected chi connectivity index (χ4v) is 5.35. The summed E-state index contributed by atoms with van der Waals surface area (Å²) in [5.41, 5.74) is 2.53. The first kappa shape index (κ1) is 22.7. The molecule has 0 aliphatic carbocycles. The number of sulfonamides is 1. The second kappa shape index (κ2) is 9.54. The summed E-state index contributed by atoms with van der Waals surface area (Å²) < 4.78 is 38.7. The van der Waals surface area contributed by atoms with Gasteiger partial charge in [0.05, 0.1) is 24.3 Å². The van der Waals surface area contributed by atoms with Crippen molar-refractivity contribution < 1.29 is 22.7 Å². The van der Waals surface area contributed by atoms with Gasteiger partial charge in [0.15, 0.2) is 0 Å². The fraction of sp³-hybridized carbons (Fsp3) is 0.240. The van der Waals surface area contributed by atoms with Crippen molar-refractivity contribution in [2.24, 2.45) is 0 Å². The Morgan fingerprint density at radius 1 is 1.00 bits per heavy atom. The molecule has 3 aromatic carbocycles. The van der Waals surface area contributed by atoms with E-state index in [1.807, 2.05) is 13.0 Å². The SMILES string of the molecule is CCOc1ccc(C(=O)Nc2ccc3c(c2)N(S(=O)(=O)c2ccc(OC)cc2)CCC3)cc1. The normalized spacial score (nSPS) is 13.2. The van der Waals surface area contributed by atoms with Crippen LogP contribution in [0.2, 0.25) is 0 Å². The third-order valence-electron chi connectivity index (χ3n) is 5.49. The van der Waals surface area contributed by atoms with Crippen LogP contribution < -0.4 is 19.1 Å². The van der Waals surface area contributed by atoms with Crippen molar-refractivity contribution in [1.82, 2.24) is 0 Å². The second-order valence-electron chi connectivity index (χ2n) is 7.61. The Kier molecular flexibility index (Phi) is 6.55. The van der Waals surface area contributed by atoms with Crippen molar-refractivity contribution in [3.8, 4) is 11.5 Å². The molecule has 4 rings (SSSR count). The fourth-order valence-electron chi connectivity index (χ4n) is 3.82. The molecule has 3 aromatic rings. The molecule has 1 heterocycles. The molecule has 0 fully saturated rings. The Morgan fingerprint density at radius 3 is 2.36 bits per heavy atom. The molecule has 8 heteroatoms. The number of carbonyl (C=O) groups is 1. The van der Waals surface area contributed by atoms with Crippen molar-refractivity contribution in [1.29, 1.82) is 0 Å². The van der Waals surface area contributed by atoms with Gasteiger partial charge < -0.3 is 14.8 Å². The number of ether oxygens (including phenoxy) is 2. The van der Waals surface area contributed by atoms with E-state index in [0.717, 1.165) is 18.4 Å². The molecule has 0 saturated carbocycles. The molecule has 33 heavy (non-hydrogen) atoms. The molecular formula is C25H26N2O5S. The number of methoxy groups -OCH3 is 1. The van der Waals surface area contributed by atoms with E-state index < -0.39 is 10.0 Å². The van der Waals surface area contributed by atoms with Crippen LogP contribution in [-0.2, 0) is 16.4 Å². The molecule has 1 aliphatic rings. The van der Waals surface area contributed by atoms with Crippen molar-refractivity contribution in [3.05, 3.63) is 77.9 Å². The zero-order valence-corrected chi connectivity index (χ0v) is 19.4. The minimum atomic E-state index is -3.76. The Bertz CT molecular complexity index is 1240. The number of hydrogen-bond donors (Lipinski definition) is 1. The number of carbonyl (C=O) groups excluding carboxylic acids is 1. The first-order valence-corrected chi connectivity index (χ1v) is 12.2. The third-order valence-corrected chi connectivity index (χ3v) is 7.32. The standard InChI is InChI=1S/C25H26N2O5S/c1-3-32-22-10-7-19(8-11-22)25(28)26-20-9-6-18-5-4-16-27(24(18)17-20)33(29,30)23-14-12-21(31-2)13-15-23/h6-15,17H,3-5,16H2,1-2H3,(H,26,28). The van der Waals surface area contributed by atoms with Gasteiger partial charge in [-0.15, -0.1) is 0 Å². The van der Waals surface area contributed by atoms with Gasteiger partial charge in [-0.25, -0.2) is 8.42 Å². The van der Waals surface area contributed by atoms with Gasteiger partial charge >= 0.3 is 0 Å². The Morgan fingerprint density at radius 2 is 1.70 bits per heavy atom. The Balaban J connectivity index is 1.59. The Hall–Kier alpha value is -3.52. The maximum absolute atomic E-state index is 13.4. The lowest BCUT2D eigenvalue weighted by molar-refractivity contribution is 0.102. The van der Waals surface area contributed by atoms with Crippen molar-refractivity contribution in [3.63, 3.8) is 0 Å². The van der Waals surface area contributed by atoms with Crippen LogP contribution in [0.1, 0.15) is 29.3 Å². The van der Waals surface area contributed by atoms with Crippen LogP contribution in [0.4, 0.5) is 11.4 Å². The molecule has 0 bridgehead atoms. The lowest BCUT2D eigenvalue weighted by atomic mass is 10.0. The van der Waals surface area contributed by atoms with E-state index in [-0.39, 0.29) is 10.8 Å². The van der Waals surface area contributed by atoms with E-state index in [1.165, 1.54) is 11.4 Å². The second-order valence-corrected chi connectivity index (χ2v) is 9.47. The minimum absolute atomic E-state index is 0.194. The van der Waals surface area contributed by atoms with Gasteiger partial charge in [0.1, 0.15) is 11.5 Å². The van der Waals surface area contributed by atoms with Crippen LogP contribution in [0.25, 0.3) is 0 Å². The average molecular weight is 467 g/mol. The summed E-state index contributed by atoms with van der Waals surface area (Å²) in [5, 5.41) is 2.87. The molecule has 1 aliphatic heterocycles. The summed E-state index contributed by atoms with van der Waals surface area (Å²) in [6, 6.07) is 18.6. The number of nitrogens with zero attached hydrogens (tertiary/aromatic N) is 1. The summed E-state index contributed by atoms with van der Waals surface area (Å²) in [7, 11) is -2.22. The zero-order chi connectivity index (χ0) is 23.4. The summed E-state index contributed by atoms with van der Waals surface area (Å²) in [5.74, 6) is 1.01. The lowest BCUT2D eigenvalue weighted by Gasteiger charge is -2.31. The first-order chi connectivity index (χ1) is 15.9. The van der Waals surface area contributed by atoms with Gasteiger partial charge in [-0.2, -0.15) is 0 Å². The first-order valence-electron chi connectivity index (χ1n) is 10.8. The monoisotopic (exact) mass is 466 g/mol. The number of nitrogens with one attached hydrogen (secondary N) is 1. The van der Waals surface area contributed by atoms with Gasteiger partial charge in [0.25, 0.3) is 15.9 Å². The number of rotatable bonds is 7. The van der Waals surface area contributed by atoms with E-state index in [1.54, 1.807) is 60.7 Å². The number of anilines is 2. The molecule has 0 saturated heterocycles. The highest BCUT2D eigenvalue weighted by Crippen LogP contribution is 2.34. The summed E-state index contributed by atoms with van der Waals surface area (Å²) in [6.45, 7) is 2.82. The summed E-state index contributed by atoms with van der Waals surface area (Å²) in [6.07, 6.45) is 1.50. The summed E-state index contributed by atoms with van der Waals surface area (Å²) in [4.78, 5) is 12.9. The molecule has 7 nitrogen and oxygen atoms in total. The molecule has 0 spiro atoms. The van der Waals surface area contributed by atoms with Crippen LogP contribution >= 0.6 is 0 Å². The smallest absolute Gasteiger partial charge is 0.264 e. The van der Waals surface area contributed by atoms with Gasteiger partial charge in [-0.3, -0.25) is 9.10 Å². The van der Waals surface area contributed by atoms with E-state index >= 15 is 0 Å². The summed E-state index contributed by atoms with van der Waals surface area (Å²) >= 11 is 0. The molecule has 1 amide bonds. The maximum Gasteiger partial charge on any atom is 0.264 e. The largest absolute Gasteiger partial charge is 0.497 e. The van der Waals surface area contributed by atoms with Crippen molar-refractivity contribution >= 4 is 27.3 Å². The zero-order valence-electron chi connectivity index (χ0n) is 18.6. The molecule has 0 unspecified atom stereocenters. The van der Waals surface area contributed by atoms with E-state index in [4.69, 9.17) is 9.47 Å². The number of benzene rings is 3. The third kappa shape index (κ3) is 4.80. The van der Waals surface area contributed by atoms with Crippen molar-refractivity contribution in [2.45, 2.75) is 24.7 Å². The number of aryl methyl sites for hydroxylation is 1. The van der Waals surface area contributed by atoms with Crippen LogP contribution in [0.15, 0.2) is 71.6 Å². The topological polar surface area (TPSA) is 84.9 Å². The maximum atomic E-state index is 13.4. The van der Waals surface area contributed by atoms with Crippen LogP contribution in [0.5, 0.6) is 11.5 Å². The quantitative estimate of drug-likeness (QED) is 0.555. The lowest BCUT2D eigenvalue weighted by Crippen LogP contribution is -2.35. The molecule has 172 valence electrons. The molecule has 0 radical (unpaired) electrons. The predicted octanol–water partition coefficient (Wildman–Crippen LogP) is 4.49. The Labute approximate surface area is 194 Å². The van der Waals surface area contributed by atoms with Crippen LogP contribution in [0.3, 0.4) is 0 Å². The van der Waals surface area contributed by atoms with E-state index in [2.05, 4.69) is 5.32 Å². The number of hydrogen-bond acceptors (Lipinski definition) is 5. The molecule has 0 aromatic heterocycles. The van der Waals surface area contributed by atoms with E-state index in [0.29, 0.717) is 41.6 Å². The van der Waals surface area contributed by atoms with Crippen molar-refractivity contribution in [2.75, 3.05) is 29.9 Å². The highest BCUT2D eigenvalue weighted by Gasteiger charge is 2.29. The van der Waals surface area contributed by atoms with Gasteiger partial charge in [0, 0.05) is 17.8 Å². The van der Waals surface area contributed by atoms with Gasteiger partial charge in [-0.05, 0) is 86.0 Å². The molecule has 0 atom stereocenters. The number of amides is 1. The van der Waals surface area contributed by atoms with Crippen LogP contribution in [0, 0.1) is 0 Å². The minimum Gasteiger partial charge on any atom is -0.497 e. The van der Waals surface area contributed by atoms with Crippen LogP contribution in [-0.4, -0.2) is 34.6 Å². The number of fused-ring (bicyclic) bond motifs is 1. The van der Waals surface area contributed by atoms with E-state index in [9.17, 15) is 13.2 Å². The molecule has 1 N–H and O–H groups in total. The highest BCUT2D eigenvalue weighted by atomic mass is 32.2. The molecular weight excluding hydrogens is 440 g/mol. The van der Waals surface area contributed by atoms with Gasteiger partial charge in [0.2, 0.25) is 0 Å². The average Bonchev–Trinajstić information content (AvgIpc) is 2.84. The predicted molar refractivity (Wildman–Crippen MR) is 128 cm³/mol. The van der Waals surface area contributed by atoms with Gasteiger partial charge in [-0.1, -0.05) is 6.07 Å².